The normalized spacial score (nSPS) is 16.1. The minimum Gasteiger partial charge on any atom is -0.352 e. The van der Waals surface area contributed by atoms with Crippen molar-refractivity contribution in [3.63, 3.8) is 0 Å². The van der Waals surface area contributed by atoms with Crippen molar-refractivity contribution in [2.24, 2.45) is 5.92 Å². The molecule has 1 amide bonds. The minimum absolute atomic E-state index is 0.0711. The van der Waals surface area contributed by atoms with Gasteiger partial charge in [-0.2, -0.15) is 0 Å². The van der Waals surface area contributed by atoms with Crippen LogP contribution in [0, 0.1) is 5.92 Å². The summed E-state index contributed by atoms with van der Waals surface area (Å²) < 4.78 is 0. The van der Waals surface area contributed by atoms with Gasteiger partial charge in [-0.3, -0.25) is 4.79 Å². The van der Waals surface area contributed by atoms with Gasteiger partial charge in [-0.15, -0.1) is 0 Å². The fourth-order valence-electron chi connectivity index (χ4n) is 2.62. The molecule has 2 N–H and O–H groups in total. The van der Waals surface area contributed by atoms with Crippen LogP contribution in [-0.4, -0.2) is 19.5 Å². The SMILES string of the molecule is CNC(CCC(C)C)c1ccc2c(c1)C(=O)NCC2. The quantitative estimate of drug-likeness (QED) is 0.854. The van der Waals surface area contributed by atoms with E-state index in [1.165, 1.54) is 17.5 Å². The highest BCUT2D eigenvalue weighted by Gasteiger charge is 2.19. The van der Waals surface area contributed by atoms with Gasteiger partial charge in [-0.05, 0) is 49.4 Å². The molecule has 1 aromatic rings. The zero-order valence-electron chi connectivity index (χ0n) is 12.1. The van der Waals surface area contributed by atoms with Gasteiger partial charge in [-0.25, -0.2) is 0 Å². The maximum atomic E-state index is 11.9. The van der Waals surface area contributed by atoms with E-state index in [0.29, 0.717) is 12.0 Å². The molecule has 1 unspecified atom stereocenters. The molecule has 0 aliphatic carbocycles. The summed E-state index contributed by atoms with van der Waals surface area (Å²) in [6.45, 7) is 5.24. The largest absolute Gasteiger partial charge is 0.352 e. The van der Waals surface area contributed by atoms with Crippen LogP contribution in [0.5, 0.6) is 0 Å². The third-order valence-corrected chi connectivity index (χ3v) is 3.84. The van der Waals surface area contributed by atoms with E-state index < -0.39 is 0 Å². The molecule has 0 fully saturated rings. The van der Waals surface area contributed by atoms with E-state index in [1.54, 1.807) is 0 Å². The molecule has 104 valence electrons. The van der Waals surface area contributed by atoms with Crippen LogP contribution in [0.2, 0.25) is 0 Å². The van der Waals surface area contributed by atoms with Crippen molar-refractivity contribution in [3.05, 3.63) is 34.9 Å². The van der Waals surface area contributed by atoms with E-state index in [1.807, 2.05) is 7.05 Å². The minimum atomic E-state index is 0.0711. The predicted octanol–water partition coefficient (Wildman–Crippen LogP) is 2.67. The van der Waals surface area contributed by atoms with Crippen molar-refractivity contribution < 1.29 is 4.79 Å². The Labute approximate surface area is 115 Å². The second-order valence-electron chi connectivity index (χ2n) is 5.73. The van der Waals surface area contributed by atoms with Crippen LogP contribution in [0.1, 0.15) is 54.2 Å². The summed E-state index contributed by atoms with van der Waals surface area (Å²) in [6, 6.07) is 6.68. The van der Waals surface area contributed by atoms with Crippen molar-refractivity contribution in [1.82, 2.24) is 10.6 Å². The van der Waals surface area contributed by atoms with Crippen LogP contribution < -0.4 is 10.6 Å². The average Bonchev–Trinajstić information content (AvgIpc) is 2.40. The Hall–Kier alpha value is -1.35. The summed E-state index contributed by atoms with van der Waals surface area (Å²) in [7, 11) is 1.99. The van der Waals surface area contributed by atoms with Crippen LogP contribution in [0.15, 0.2) is 18.2 Å². The molecule has 0 saturated carbocycles. The van der Waals surface area contributed by atoms with Gasteiger partial charge in [0.05, 0.1) is 0 Å². The summed E-state index contributed by atoms with van der Waals surface area (Å²) >= 11 is 0. The highest BCUT2D eigenvalue weighted by Crippen LogP contribution is 2.24. The summed E-state index contributed by atoms with van der Waals surface area (Å²) in [5, 5.41) is 6.28. The first-order valence-corrected chi connectivity index (χ1v) is 7.20. The van der Waals surface area contributed by atoms with Crippen LogP contribution in [0.4, 0.5) is 0 Å². The highest BCUT2D eigenvalue weighted by atomic mass is 16.1. The second kappa shape index (κ2) is 6.20. The first-order chi connectivity index (χ1) is 9.11. The molecular formula is C16H24N2O. The number of carbonyl (C=O) groups excluding carboxylic acids is 1. The molecule has 3 nitrogen and oxygen atoms in total. The number of benzene rings is 1. The van der Waals surface area contributed by atoms with Crippen LogP contribution in [-0.2, 0) is 6.42 Å². The van der Waals surface area contributed by atoms with Gasteiger partial charge >= 0.3 is 0 Å². The van der Waals surface area contributed by atoms with Crippen LogP contribution in [0.3, 0.4) is 0 Å². The Morgan fingerprint density at radius 2 is 2.11 bits per heavy atom. The van der Waals surface area contributed by atoms with E-state index >= 15 is 0 Å². The fraction of sp³-hybridized carbons (Fsp3) is 0.562. The highest BCUT2D eigenvalue weighted by molar-refractivity contribution is 5.96. The number of hydrogen-bond acceptors (Lipinski definition) is 2. The standard InChI is InChI=1S/C16H24N2O/c1-11(2)4-7-15(17-3)13-6-5-12-8-9-18-16(19)14(12)10-13/h5-6,10-11,15,17H,4,7-9H2,1-3H3,(H,18,19). The van der Waals surface area contributed by atoms with Gasteiger partial charge in [0.15, 0.2) is 0 Å². The molecule has 2 rings (SSSR count). The lowest BCUT2D eigenvalue weighted by Crippen LogP contribution is -2.32. The predicted molar refractivity (Wildman–Crippen MR) is 78.4 cm³/mol. The van der Waals surface area contributed by atoms with E-state index in [9.17, 15) is 4.79 Å². The first kappa shape index (κ1) is 14.1. The Kier molecular flexibility index (Phi) is 4.59. The number of nitrogens with one attached hydrogen (secondary N) is 2. The Morgan fingerprint density at radius 1 is 1.32 bits per heavy atom. The van der Waals surface area contributed by atoms with Crippen LogP contribution in [0.25, 0.3) is 0 Å². The van der Waals surface area contributed by atoms with Crippen molar-refractivity contribution in [2.75, 3.05) is 13.6 Å². The zero-order chi connectivity index (χ0) is 13.8. The number of carbonyl (C=O) groups is 1. The van der Waals surface area contributed by atoms with Crippen molar-refractivity contribution >= 4 is 5.91 Å². The molecule has 0 saturated heterocycles. The molecule has 19 heavy (non-hydrogen) atoms. The smallest absolute Gasteiger partial charge is 0.251 e. The van der Waals surface area contributed by atoms with Crippen molar-refractivity contribution in [1.29, 1.82) is 0 Å². The molecule has 3 heteroatoms. The lowest BCUT2D eigenvalue weighted by molar-refractivity contribution is 0.0946. The fourth-order valence-corrected chi connectivity index (χ4v) is 2.62. The molecule has 0 radical (unpaired) electrons. The van der Waals surface area contributed by atoms with E-state index in [-0.39, 0.29) is 5.91 Å². The Bertz CT molecular complexity index is 454. The Morgan fingerprint density at radius 3 is 2.79 bits per heavy atom. The first-order valence-electron chi connectivity index (χ1n) is 7.20. The van der Waals surface area contributed by atoms with Gasteiger partial charge in [-0.1, -0.05) is 26.0 Å². The van der Waals surface area contributed by atoms with Gasteiger partial charge in [0.25, 0.3) is 5.91 Å². The molecule has 1 atom stereocenters. The lowest BCUT2D eigenvalue weighted by atomic mass is 9.92. The maximum absolute atomic E-state index is 11.9. The molecule has 1 heterocycles. The Balaban J connectivity index is 2.19. The summed E-state index contributed by atoms with van der Waals surface area (Å²) in [5.74, 6) is 0.776. The summed E-state index contributed by atoms with van der Waals surface area (Å²) in [5.41, 5.74) is 3.25. The van der Waals surface area contributed by atoms with Crippen molar-refractivity contribution in [3.8, 4) is 0 Å². The maximum Gasteiger partial charge on any atom is 0.251 e. The molecule has 0 bridgehead atoms. The second-order valence-corrected chi connectivity index (χ2v) is 5.73. The molecular weight excluding hydrogens is 236 g/mol. The summed E-state index contributed by atoms with van der Waals surface area (Å²) in [6.07, 6.45) is 3.24. The zero-order valence-corrected chi connectivity index (χ0v) is 12.1. The molecule has 0 aromatic heterocycles. The average molecular weight is 260 g/mol. The number of fused-ring (bicyclic) bond motifs is 1. The van der Waals surface area contributed by atoms with E-state index in [4.69, 9.17) is 0 Å². The third kappa shape index (κ3) is 3.35. The molecule has 1 aliphatic rings. The van der Waals surface area contributed by atoms with Gasteiger partial charge in [0.2, 0.25) is 0 Å². The number of rotatable bonds is 5. The number of hydrogen-bond donors (Lipinski definition) is 2. The monoisotopic (exact) mass is 260 g/mol. The summed E-state index contributed by atoms with van der Waals surface area (Å²) in [4.78, 5) is 11.9. The molecule has 0 spiro atoms. The number of amides is 1. The van der Waals surface area contributed by atoms with E-state index in [2.05, 4.69) is 42.7 Å². The van der Waals surface area contributed by atoms with Gasteiger partial charge < -0.3 is 10.6 Å². The lowest BCUT2D eigenvalue weighted by Gasteiger charge is -2.22. The third-order valence-electron chi connectivity index (χ3n) is 3.84. The topological polar surface area (TPSA) is 41.1 Å². The van der Waals surface area contributed by atoms with Crippen molar-refractivity contribution in [2.45, 2.75) is 39.2 Å². The van der Waals surface area contributed by atoms with Gasteiger partial charge in [0.1, 0.15) is 0 Å². The van der Waals surface area contributed by atoms with E-state index in [0.717, 1.165) is 24.9 Å². The van der Waals surface area contributed by atoms with Crippen LogP contribution >= 0.6 is 0 Å². The molecule has 1 aromatic carbocycles. The molecule has 1 aliphatic heterocycles. The van der Waals surface area contributed by atoms with Gasteiger partial charge in [0, 0.05) is 18.2 Å².